The predicted octanol–water partition coefficient (Wildman–Crippen LogP) is 11.9. The Hall–Kier alpha value is -6.65. The Kier molecular flexibility index (Phi) is 6.80. The molecule has 1 aliphatic carbocycles. The number of fused-ring (bicyclic) bond motifs is 6. The summed E-state index contributed by atoms with van der Waals surface area (Å²) in [5, 5.41) is 2.33. The molecule has 4 nitrogen and oxygen atoms in total. The van der Waals surface area contributed by atoms with Crippen molar-refractivity contribution in [1.29, 1.82) is 0 Å². The zero-order valence-electron chi connectivity index (χ0n) is 29.0. The Morgan fingerprint density at radius 3 is 1.69 bits per heavy atom. The monoisotopic (exact) mass is 666 g/mol. The van der Waals surface area contributed by atoms with Crippen LogP contribution in [0, 0.1) is 0 Å². The summed E-state index contributed by atoms with van der Waals surface area (Å²) in [6.07, 6.45) is 0. The highest BCUT2D eigenvalue weighted by Crippen LogP contribution is 2.52. The maximum atomic E-state index is 5.16. The topological polar surface area (TPSA) is 43.6 Å². The van der Waals surface area contributed by atoms with Crippen LogP contribution in [-0.4, -0.2) is 19.5 Å². The summed E-state index contributed by atoms with van der Waals surface area (Å²) in [7, 11) is 0. The van der Waals surface area contributed by atoms with Crippen LogP contribution in [0.1, 0.15) is 25.0 Å². The molecule has 0 aliphatic heterocycles. The molecule has 0 unspecified atom stereocenters. The first-order valence-corrected chi connectivity index (χ1v) is 17.8. The van der Waals surface area contributed by atoms with Gasteiger partial charge in [-0.3, -0.25) is 0 Å². The van der Waals surface area contributed by atoms with Crippen LogP contribution in [0.25, 0.3) is 83.9 Å². The quantitative estimate of drug-likeness (QED) is 0.184. The van der Waals surface area contributed by atoms with Crippen molar-refractivity contribution >= 4 is 21.8 Å². The van der Waals surface area contributed by atoms with Crippen molar-refractivity contribution in [2.75, 3.05) is 0 Å². The van der Waals surface area contributed by atoms with E-state index in [-0.39, 0.29) is 5.41 Å². The third kappa shape index (κ3) is 4.65. The van der Waals surface area contributed by atoms with E-state index in [0.29, 0.717) is 17.5 Å². The Bertz CT molecular complexity index is 2740. The van der Waals surface area contributed by atoms with E-state index in [4.69, 9.17) is 15.0 Å². The molecule has 4 heteroatoms. The minimum absolute atomic E-state index is 0.117. The summed E-state index contributed by atoms with van der Waals surface area (Å²) in [5.74, 6) is 1.93. The van der Waals surface area contributed by atoms with Gasteiger partial charge >= 0.3 is 0 Å². The van der Waals surface area contributed by atoms with Crippen molar-refractivity contribution in [3.8, 4) is 62.1 Å². The Morgan fingerprint density at radius 2 is 0.981 bits per heavy atom. The van der Waals surface area contributed by atoms with E-state index >= 15 is 0 Å². The van der Waals surface area contributed by atoms with Gasteiger partial charge in [-0.25, -0.2) is 15.0 Å². The van der Waals surface area contributed by atoms with Gasteiger partial charge in [0.05, 0.1) is 11.0 Å². The molecular weight excluding hydrogens is 633 g/mol. The summed E-state index contributed by atoms with van der Waals surface area (Å²) in [6, 6.07) is 60.0. The fraction of sp³-hybridized carbons (Fsp3) is 0.0625. The second-order valence-electron chi connectivity index (χ2n) is 14.0. The van der Waals surface area contributed by atoms with Crippen molar-refractivity contribution in [3.05, 3.63) is 181 Å². The average molecular weight is 667 g/mol. The number of hydrogen-bond donors (Lipinski definition) is 0. The van der Waals surface area contributed by atoms with E-state index in [9.17, 15) is 0 Å². The minimum atomic E-state index is -0.117. The van der Waals surface area contributed by atoms with Crippen molar-refractivity contribution in [2.24, 2.45) is 0 Å². The number of rotatable bonds is 5. The van der Waals surface area contributed by atoms with E-state index in [1.807, 2.05) is 36.4 Å². The van der Waals surface area contributed by atoms with Gasteiger partial charge in [0.15, 0.2) is 17.5 Å². The summed E-state index contributed by atoms with van der Waals surface area (Å²) in [6.45, 7) is 4.71. The highest BCUT2D eigenvalue weighted by Gasteiger charge is 2.37. The summed E-state index contributed by atoms with van der Waals surface area (Å²) < 4.78 is 2.37. The van der Waals surface area contributed by atoms with Crippen molar-refractivity contribution < 1.29 is 0 Å². The van der Waals surface area contributed by atoms with Gasteiger partial charge in [-0.2, -0.15) is 0 Å². The lowest BCUT2D eigenvalue weighted by Gasteiger charge is -2.24. The fourth-order valence-electron chi connectivity index (χ4n) is 8.28. The largest absolute Gasteiger partial charge is 0.308 e. The molecule has 0 radical (unpaired) electrons. The molecule has 9 aromatic rings. The molecule has 0 saturated heterocycles. The van der Waals surface area contributed by atoms with Gasteiger partial charge in [0.25, 0.3) is 0 Å². The first-order chi connectivity index (χ1) is 25.6. The zero-order chi connectivity index (χ0) is 34.8. The van der Waals surface area contributed by atoms with Gasteiger partial charge in [0, 0.05) is 38.6 Å². The second kappa shape index (κ2) is 11.7. The molecule has 0 saturated carbocycles. The zero-order valence-corrected chi connectivity index (χ0v) is 29.0. The van der Waals surface area contributed by atoms with Crippen LogP contribution >= 0.6 is 0 Å². The third-order valence-corrected chi connectivity index (χ3v) is 10.6. The number of benzene rings is 7. The van der Waals surface area contributed by atoms with Crippen molar-refractivity contribution in [1.82, 2.24) is 19.5 Å². The first kappa shape index (κ1) is 30.2. The lowest BCUT2D eigenvalue weighted by molar-refractivity contribution is 0.662. The highest BCUT2D eigenvalue weighted by molar-refractivity contribution is 6.14. The molecule has 1 aliphatic rings. The number of aromatic nitrogens is 4. The number of nitrogens with zero attached hydrogens (tertiary/aromatic N) is 4. The van der Waals surface area contributed by atoms with Gasteiger partial charge in [0.2, 0.25) is 0 Å². The molecule has 10 rings (SSSR count). The van der Waals surface area contributed by atoms with Crippen LogP contribution in [0.3, 0.4) is 0 Å². The Morgan fingerprint density at radius 1 is 0.423 bits per heavy atom. The molecule has 2 aromatic heterocycles. The maximum Gasteiger partial charge on any atom is 0.166 e. The minimum Gasteiger partial charge on any atom is -0.308 e. The van der Waals surface area contributed by atoms with E-state index in [1.54, 1.807) is 0 Å². The lowest BCUT2D eigenvalue weighted by atomic mass is 9.79. The predicted molar refractivity (Wildman–Crippen MR) is 213 cm³/mol. The Balaban J connectivity index is 1.24. The van der Waals surface area contributed by atoms with E-state index < -0.39 is 0 Å². The van der Waals surface area contributed by atoms with Gasteiger partial charge in [0.1, 0.15) is 0 Å². The highest BCUT2D eigenvalue weighted by atomic mass is 15.0. The molecule has 0 N–H and O–H groups in total. The van der Waals surface area contributed by atoms with Crippen LogP contribution in [-0.2, 0) is 5.41 Å². The number of hydrogen-bond acceptors (Lipinski definition) is 3. The lowest BCUT2D eigenvalue weighted by Crippen LogP contribution is -2.16. The average Bonchev–Trinajstić information content (AvgIpc) is 3.67. The fourth-order valence-corrected chi connectivity index (χ4v) is 8.28. The first-order valence-electron chi connectivity index (χ1n) is 17.8. The molecule has 0 amide bonds. The molecule has 0 fully saturated rings. The van der Waals surface area contributed by atoms with Crippen LogP contribution in [0.15, 0.2) is 170 Å². The molecule has 7 aromatic carbocycles. The van der Waals surface area contributed by atoms with Crippen LogP contribution in [0.2, 0.25) is 0 Å². The number of para-hydroxylation sites is 2. The van der Waals surface area contributed by atoms with Gasteiger partial charge in [-0.15, -0.1) is 0 Å². The standard InChI is InChI=1S/C48H34N4/c1-48(2)41-27-13-12-22-36(41)37-24-14-23-35(43(37)48)33-28-29-42-40(30-33)38-25-15-26-39(44(38)52(42)34-20-10-5-11-21-34)47-50-45(31-16-6-3-7-17-31)49-46(51-47)32-18-8-4-9-19-32/h3-30H,1-2H3. The molecule has 0 spiro atoms. The molecule has 246 valence electrons. The van der Waals surface area contributed by atoms with Gasteiger partial charge in [-0.1, -0.05) is 153 Å². The van der Waals surface area contributed by atoms with E-state index in [0.717, 1.165) is 38.8 Å². The maximum absolute atomic E-state index is 5.16. The van der Waals surface area contributed by atoms with Crippen LogP contribution < -0.4 is 0 Å². The summed E-state index contributed by atoms with van der Waals surface area (Å²) >= 11 is 0. The van der Waals surface area contributed by atoms with Gasteiger partial charge in [-0.05, 0) is 63.7 Å². The third-order valence-electron chi connectivity index (χ3n) is 10.6. The van der Waals surface area contributed by atoms with Gasteiger partial charge < -0.3 is 4.57 Å². The molecular formula is C48H34N4. The summed E-state index contributed by atoms with van der Waals surface area (Å²) in [4.78, 5) is 15.3. The second-order valence-corrected chi connectivity index (χ2v) is 14.0. The van der Waals surface area contributed by atoms with E-state index in [2.05, 4.69) is 152 Å². The van der Waals surface area contributed by atoms with Crippen molar-refractivity contribution in [2.45, 2.75) is 19.3 Å². The smallest absolute Gasteiger partial charge is 0.166 e. The van der Waals surface area contributed by atoms with Crippen LogP contribution in [0.5, 0.6) is 0 Å². The molecule has 2 heterocycles. The summed E-state index contributed by atoms with van der Waals surface area (Å²) in [5.41, 5.74) is 13.9. The van der Waals surface area contributed by atoms with Crippen molar-refractivity contribution in [3.63, 3.8) is 0 Å². The normalized spacial score (nSPS) is 13.0. The van der Waals surface area contributed by atoms with Crippen LogP contribution in [0.4, 0.5) is 0 Å². The molecule has 0 bridgehead atoms. The molecule has 0 atom stereocenters. The SMILES string of the molecule is CC1(C)c2ccccc2-c2cccc(-c3ccc4c(c3)c3cccc(-c5nc(-c6ccccc6)nc(-c6ccccc6)n5)c3n4-c3ccccc3)c21. The molecule has 52 heavy (non-hydrogen) atoms. The van der Waals surface area contributed by atoms with E-state index in [1.165, 1.54) is 38.8 Å². The Labute approximate surface area is 302 Å².